The molecule has 1 aliphatic rings. The van der Waals surface area contributed by atoms with Crippen LogP contribution in [0.2, 0.25) is 5.02 Å². The Kier molecular flexibility index (Phi) is 4.81. The van der Waals surface area contributed by atoms with Gasteiger partial charge in [0.2, 0.25) is 5.91 Å². The Hall–Kier alpha value is -2.08. The Labute approximate surface area is 140 Å². The fourth-order valence-corrected chi connectivity index (χ4v) is 3.01. The molecule has 0 bridgehead atoms. The fraction of sp³-hybridized carbons (Fsp3) is 0.438. The molecule has 1 N–H and O–H groups in total. The van der Waals surface area contributed by atoms with Crippen LogP contribution in [0, 0.1) is 6.92 Å². The minimum atomic E-state index is -0.0474. The van der Waals surface area contributed by atoms with Crippen LogP contribution in [-0.2, 0) is 11.3 Å². The van der Waals surface area contributed by atoms with Crippen molar-refractivity contribution in [3.05, 3.63) is 41.3 Å². The lowest BCUT2D eigenvalue weighted by Crippen LogP contribution is -2.48. The highest BCUT2D eigenvalue weighted by Crippen LogP contribution is 2.18. The van der Waals surface area contributed by atoms with Crippen LogP contribution in [0.3, 0.4) is 0 Å². The number of pyridine rings is 1. The number of carbonyl (C=O) groups is 1. The normalized spacial score (nSPS) is 18.0. The van der Waals surface area contributed by atoms with Crippen LogP contribution in [0.1, 0.15) is 18.5 Å². The maximum absolute atomic E-state index is 12.1. The minimum absolute atomic E-state index is 0.0474. The Morgan fingerprint density at radius 1 is 1.48 bits per heavy atom. The summed E-state index contributed by atoms with van der Waals surface area (Å²) in [5, 5.41) is 7.64. The van der Waals surface area contributed by atoms with E-state index in [1.165, 1.54) is 6.20 Å². The van der Waals surface area contributed by atoms with E-state index in [1.807, 2.05) is 25.1 Å². The molecule has 0 radical (unpaired) electrons. The van der Waals surface area contributed by atoms with Crippen molar-refractivity contribution in [2.75, 3.05) is 18.0 Å². The first kappa shape index (κ1) is 15.8. The molecular formula is C16H20ClN5O. The van der Waals surface area contributed by atoms with E-state index in [4.69, 9.17) is 11.6 Å². The summed E-state index contributed by atoms with van der Waals surface area (Å²) in [5.74, 6) is 0.927. The lowest BCUT2D eigenvalue weighted by Gasteiger charge is -2.34. The summed E-state index contributed by atoms with van der Waals surface area (Å²) in [4.78, 5) is 18.9. The van der Waals surface area contributed by atoms with Gasteiger partial charge in [0, 0.05) is 31.0 Å². The van der Waals surface area contributed by atoms with E-state index in [9.17, 15) is 4.79 Å². The summed E-state index contributed by atoms with van der Waals surface area (Å²) < 4.78 is 1.54. The average Bonchev–Trinajstić information content (AvgIpc) is 2.92. The molecule has 0 saturated carbocycles. The van der Waals surface area contributed by atoms with E-state index in [0.717, 1.165) is 37.4 Å². The van der Waals surface area contributed by atoms with E-state index in [-0.39, 0.29) is 18.5 Å². The molecule has 1 saturated heterocycles. The topological polar surface area (TPSA) is 63.1 Å². The smallest absolute Gasteiger partial charge is 0.242 e. The predicted octanol–water partition coefficient (Wildman–Crippen LogP) is 2.03. The number of hydrogen-bond acceptors (Lipinski definition) is 4. The molecule has 0 spiro atoms. The number of hydrogen-bond donors (Lipinski definition) is 1. The highest BCUT2D eigenvalue weighted by atomic mass is 35.5. The first-order valence-electron chi connectivity index (χ1n) is 7.76. The summed E-state index contributed by atoms with van der Waals surface area (Å²) in [6.45, 7) is 3.92. The number of rotatable bonds is 4. The third-order valence-corrected chi connectivity index (χ3v) is 4.09. The molecule has 0 aliphatic carbocycles. The molecule has 3 rings (SSSR count). The average molecular weight is 334 g/mol. The van der Waals surface area contributed by atoms with Crippen molar-refractivity contribution in [2.45, 2.75) is 32.4 Å². The summed E-state index contributed by atoms with van der Waals surface area (Å²) in [5.41, 5.74) is 1.00. The lowest BCUT2D eigenvalue weighted by molar-refractivity contribution is -0.122. The second-order valence-corrected chi connectivity index (χ2v) is 6.28. The molecular weight excluding hydrogens is 314 g/mol. The summed E-state index contributed by atoms with van der Waals surface area (Å²) in [6, 6.07) is 6.15. The molecule has 7 heteroatoms. The van der Waals surface area contributed by atoms with Gasteiger partial charge in [-0.25, -0.2) is 4.98 Å². The van der Waals surface area contributed by atoms with Gasteiger partial charge in [0.05, 0.1) is 11.2 Å². The largest absolute Gasteiger partial charge is 0.355 e. The second kappa shape index (κ2) is 7.00. The van der Waals surface area contributed by atoms with Crippen LogP contribution < -0.4 is 10.2 Å². The number of aryl methyl sites for hydroxylation is 1. The Bertz CT molecular complexity index is 687. The number of halogens is 1. The van der Waals surface area contributed by atoms with Crippen molar-refractivity contribution in [1.82, 2.24) is 20.1 Å². The lowest BCUT2D eigenvalue weighted by atomic mass is 10.1. The summed E-state index contributed by atoms with van der Waals surface area (Å²) in [6.07, 6.45) is 5.19. The standard InChI is InChI=1S/C16H20ClN5O/c1-12-4-2-6-15(19-12)21-7-3-5-14(10-21)20-16(23)11-22-9-13(17)8-18-22/h2,4,6,8-9,14H,3,5,7,10-11H2,1H3,(H,20,23). The predicted molar refractivity (Wildman–Crippen MR) is 89.6 cm³/mol. The van der Waals surface area contributed by atoms with Crippen LogP contribution in [0.5, 0.6) is 0 Å². The third kappa shape index (κ3) is 4.22. The zero-order valence-electron chi connectivity index (χ0n) is 13.1. The van der Waals surface area contributed by atoms with Crippen molar-refractivity contribution >= 4 is 23.3 Å². The molecule has 2 aromatic rings. The van der Waals surface area contributed by atoms with Gasteiger partial charge >= 0.3 is 0 Å². The van der Waals surface area contributed by atoms with Crippen molar-refractivity contribution in [3.63, 3.8) is 0 Å². The Balaban J connectivity index is 1.57. The van der Waals surface area contributed by atoms with Gasteiger partial charge in [-0.05, 0) is 31.9 Å². The van der Waals surface area contributed by atoms with Gasteiger partial charge in [-0.15, -0.1) is 0 Å². The van der Waals surface area contributed by atoms with Crippen molar-refractivity contribution in [1.29, 1.82) is 0 Å². The number of carbonyl (C=O) groups excluding carboxylic acids is 1. The summed E-state index contributed by atoms with van der Waals surface area (Å²) >= 11 is 5.81. The molecule has 23 heavy (non-hydrogen) atoms. The fourth-order valence-electron chi connectivity index (χ4n) is 2.85. The zero-order valence-corrected chi connectivity index (χ0v) is 13.8. The molecule has 0 aromatic carbocycles. The molecule has 1 amide bonds. The number of piperidine rings is 1. The Morgan fingerprint density at radius 3 is 3.09 bits per heavy atom. The van der Waals surface area contributed by atoms with E-state index in [1.54, 1.807) is 10.9 Å². The highest BCUT2D eigenvalue weighted by molar-refractivity contribution is 6.30. The van der Waals surface area contributed by atoms with Crippen LogP contribution in [0.25, 0.3) is 0 Å². The number of amides is 1. The number of nitrogens with one attached hydrogen (secondary N) is 1. The molecule has 3 heterocycles. The van der Waals surface area contributed by atoms with Gasteiger partial charge in [-0.3, -0.25) is 9.48 Å². The SMILES string of the molecule is Cc1cccc(N2CCCC(NC(=O)Cn3cc(Cl)cn3)C2)n1. The molecule has 122 valence electrons. The maximum atomic E-state index is 12.1. The van der Waals surface area contributed by atoms with Crippen LogP contribution in [0.15, 0.2) is 30.6 Å². The van der Waals surface area contributed by atoms with E-state index in [0.29, 0.717) is 5.02 Å². The molecule has 1 unspecified atom stereocenters. The van der Waals surface area contributed by atoms with Gasteiger partial charge in [-0.1, -0.05) is 17.7 Å². The van der Waals surface area contributed by atoms with E-state index in [2.05, 4.69) is 20.3 Å². The van der Waals surface area contributed by atoms with E-state index >= 15 is 0 Å². The summed E-state index contributed by atoms with van der Waals surface area (Å²) in [7, 11) is 0. The van der Waals surface area contributed by atoms with Gasteiger partial charge < -0.3 is 10.2 Å². The van der Waals surface area contributed by atoms with Crippen molar-refractivity contribution in [3.8, 4) is 0 Å². The molecule has 6 nitrogen and oxygen atoms in total. The highest BCUT2D eigenvalue weighted by Gasteiger charge is 2.22. The van der Waals surface area contributed by atoms with Crippen LogP contribution in [0.4, 0.5) is 5.82 Å². The quantitative estimate of drug-likeness (QED) is 0.930. The Morgan fingerprint density at radius 2 is 2.35 bits per heavy atom. The number of anilines is 1. The first-order valence-corrected chi connectivity index (χ1v) is 8.14. The van der Waals surface area contributed by atoms with Crippen LogP contribution in [-0.4, -0.2) is 39.8 Å². The van der Waals surface area contributed by atoms with Crippen molar-refractivity contribution in [2.24, 2.45) is 0 Å². The van der Waals surface area contributed by atoms with Gasteiger partial charge in [-0.2, -0.15) is 5.10 Å². The third-order valence-electron chi connectivity index (χ3n) is 3.89. The molecule has 1 aliphatic heterocycles. The zero-order chi connectivity index (χ0) is 16.2. The molecule has 1 atom stereocenters. The monoisotopic (exact) mass is 333 g/mol. The van der Waals surface area contributed by atoms with Gasteiger partial charge in [0.25, 0.3) is 0 Å². The van der Waals surface area contributed by atoms with Gasteiger partial charge in [0.15, 0.2) is 0 Å². The second-order valence-electron chi connectivity index (χ2n) is 5.85. The molecule has 2 aromatic heterocycles. The van der Waals surface area contributed by atoms with Crippen molar-refractivity contribution < 1.29 is 4.79 Å². The minimum Gasteiger partial charge on any atom is -0.355 e. The first-order chi connectivity index (χ1) is 11.1. The van der Waals surface area contributed by atoms with Gasteiger partial charge in [0.1, 0.15) is 12.4 Å². The van der Waals surface area contributed by atoms with E-state index < -0.39 is 0 Å². The maximum Gasteiger partial charge on any atom is 0.242 e. The van der Waals surface area contributed by atoms with Crippen LogP contribution >= 0.6 is 11.6 Å². The molecule has 1 fully saturated rings. The number of nitrogens with zero attached hydrogens (tertiary/aromatic N) is 4. The number of aromatic nitrogens is 3.